The van der Waals surface area contributed by atoms with Gasteiger partial charge in [0, 0.05) is 29.2 Å². The maximum atomic E-state index is 9.72. The molecular formula is C14H24N2OS. The Labute approximate surface area is 114 Å². The van der Waals surface area contributed by atoms with E-state index in [1.54, 1.807) is 11.3 Å². The van der Waals surface area contributed by atoms with E-state index in [4.69, 9.17) is 4.98 Å². The molecule has 102 valence electrons. The van der Waals surface area contributed by atoms with Crippen molar-refractivity contribution in [2.24, 2.45) is 5.41 Å². The van der Waals surface area contributed by atoms with Crippen LogP contribution in [0.3, 0.4) is 0 Å². The predicted octanol–water partition coefficient (Wildman–Crippen LogP) is 2.35. The monoisotopic (exact) mass is 268 g/mol. The Morgan fingerprint density at radius 2 is 2.06 bits per heavy atom. The van der Waals surface area contributed by atoms with Crippen molar-refractivity contribution < 1.29 is 5.11 Å². The maximum absolute atomic E-state index is 9.72. The van der Waals surface area contributed by atoms with Crippen LogP contribution in [0.1, 0.15) is 44.3 Å². The van der Waals surface area contributed by atoms with Crippen LogP contribution < -0.4 is 5.32 Å². The Kier molecular flexibility index (Phi) is 4.09. The van der Waals surface area contributed by atoms with Crippen LogP contribution in [-0.4, -0.2) is 29.8 Å². The standard InChI is InChI=1S/C14H24N2OS/c1-13(2,3)11-9-18-12(16-11)8-14(10-17)4-6-15-7-5-14/h9,15,17H,4-8,10H2,1-3H3. The lowest BCUT2D eigenvalue weighted by molar-refractivity contribution is 0.0892. The Balaban J connectivity index is 2.10. The molecule has 1 aliphatic heterocycles. The third-order valence-corrected chi connectivity index (χ3v) is 4.69. The van der Waals surface area contributed by atoms with Crippen molar-refractivity contribution in [1.82, 2.24) is 10.3 Å². The van der Waals surface area contributed by atoms with Crippen molar-refractivity contribution in [2.45, 2.75) is 45.4 Å². The number of aliphatic hydroxyl groups excluding tert-OH is 1. The summed E-state index contributed by atoms with van der Waals surface area (Å²) in [5.74, 6) is 0. The molecule has 1 aliphatic rings. The van der Waals surface area contributed by atoms with E-state index < -0.39 is 0 Å². The Hall–Kier alpha value is -0.450. The quantitative estimate of drug-likeness (QED) is 0.884. The number of nitrogens with one attached hydrogen (secondary N) is 1. The summed E-state index contributed by atoms with van der Waals surface area (Å²) in [6.45, 7) is 8.88. The van der Waals surface area contributed by atoms with Crippen molar-refractivity contribution in [3.63, 3.8) is 0 Å². The number of nitrogens with zero attached hydrogens (tertiary/aromatic N) is 1. The highest BCUT2D eigenvalue weighted by atomic mass is 32.1. The predicted molar refractivity (Wildman–Crippen MR) is 76.1 cm³/mol. The van der Waals surface area contributed by atoms with E-state index in [1.165, 1.54) is 10.7 Å². The Bertz CT molecular complexity index is 389. The number of hydrogen-bond donors (Lipinski definition) is 2. The van der Waals surface area contributed by atoms with Crippen molar-refractivity contribution in [3.05, 3.63) is 16.1 Å². The van der Waals surface area contributed by atoms with Crippen LogP contribution in [0.25, 0.3) is 0 Å². The van der Waals surface area contributed by atoms with Gasteiger partial charge in [-0.3, -0.25) is 0 Å². The summed E-state index contributed by atoms with van der Waals surface area (Å²) < 4.78 is 0. The molecule has 4 heteroatoms. The molecule has 1 aromatic heterocycles. The number of aromatic nitrogens is 1. The van der Waals surface area contributed by atoms with Crippen LogP contribution in [0.5, 0.6) is 0 Å². The molecule has 0 amide bonds. The molecule has 1 fully saturated rings. The van der Waals surface area contributed by atoms with Gasteiger partial charge >= 0.3 is 0 Å². The molecule has 0 aliphatic carbocycles. The van der Waals surface area contributed by atoms with Crippen molar-refractivity contribution in [1.29, 1.82) is 0 Å². The topological polar surface area (TPSA) is 45.1 Å². The van der Waals surface area contributed by atoms with Crippen molar-refractivity contribution in [3.8, 4) is 0 Å². The first-order valence-corrected chi connectivity index (χ1v) is 7.60. The van der Waals surface area contributed by atoms with Crippen LogP contribution in [0.4, 0.5) is 0 Å². The van der Waals surface area contributed by atoms with Gasteiger partial charge in [-0.05, 0) is 25.9 Å². The molecule has 2 rings (SSSR count). The minimum Gasteiger partial charge on any atom is -0.396 e. The van der Waals surface area contributed by atoms with Crippen molar-refractivity contribution in [2.75, 3.05) is 19.7 Å². The van der Waals surface area contributed by atoms with E-state index in [2.05, 4.69) is 31.5 Å². The fraction of sp³-hybridized carbons (Fsp3) is 0.786. The first-order chi connectivity index (χ1) is 8.45. The van der Waals surface area contributed by atoms with E-state index in [1.807, 2.05) is 0 Å². The second-order valence-corrected chi connectivity index (χ2v) is 7.40. The van der Waals surface area contributed by atoms with E-state index in [0.717, 1.165) is 32.4 Å². The largest absolute Gasteiger partial charge is 0.396 e. The Morgan fingerprint density at radius 3 is 2.56 bits per heavy atom. The molecule has 1 saturated heterocycles. The van der Waals surface area contributed by atoms with Crippen LogP contribution >= 0.6 is 11.3 Å². The number of rotatable bonds is 3. The number of thiazole rings is 1. The molecule has 1 aromatic rings. The average molecular weight is 268 g/mol. The highest BCUT2D eigenvalue weighted by molar-refractivity contribution is 7.09. The van der Waals surface area contributed by atoms with Gasteiger partial charge in [0.15, 0.2) is 0 Å². The lowest BCUT2D eigenvalue weighted by Gasteiger charge is -2.35. The summed E-state index contributed by atoms with van der Waals surface area (Å²) in [6, 6.07) is 0. The molecule has 18 heavy (non-hydrogen) atoms. The maximum Gasteiger partial charge on any atom is 0.0934 e. The zero-order valence-electron chi connectivity index (χ0n) is 11.6. The number of hydrogen-bond acceptors (Lipinski definition) is 4. The van der Waals surface area contributed by atoms with Gasteiger partial charge in [-0.2, -0.15) is 0 Å². The van der Waals surface area contributed by atoms with Gasteiger partial charge in [-0.15, -0.1) is 11.3 Å². The third-order valence-electron chi connectivity index (χ3n) is 3.85. The summed E-state index contributed by atoms with van der Waals surface area (Å²) in [5.41, 5.74) is 1.34. The molecule has 0 aromatic carbocycles. The summed E-state index contributed by atoms with van der Waals surface area (Å²) in [6.07, 6.45) is 3.02. The van der Waals surface area contributed by atoms with Crippen LogP contribution in [-0.2, 0) is 11.8 Å². The molecule has 0 radical (unpaired) electrons. The van der Waals surface area contributed by atoms with Gasteiger partial charge in [-0.1, -0.05) is 20.8 Å². The molecule has 0 spiro atoms. The van der Waals surface area contributed by atoms with E-state index in [9.17, 15) is 5.11 Å². The van der Waals surface area contributed by atoms with Gasteiger partial charge in [0.1, 0.15) is 0 Å². The molecule has 0 unspecified atom stereocenters. The van der Waals surface area contributed by atoms with Gasteiger partial charge in [0.2, 0.25) is 0 Å². The van der Waals surface area contributed by atoms with Crippen LogP contribution in [0, 0.1) is 5.41 Å². The van der Waals surface area contributed by atoms with Crippen LogP contribution in [0.15, 0.2) is 5.38 Å². The van der Waals surface area contributed by atoms with E-state index in [0.29, 0.717) is 0 Å². The summed E-state index contributed by atoms with van der Waals surface area (Å²) in [5, 5.41) is 16.4. The minimum absolute atomic E-state index is 0.0538. The fourth-order valence-corrected chi connectivity index (χ4v) is 3.60. The van der Waals surface area contributed by atoms with E-state index >= 15 is 0 Å². The van der Waals surface area contributed by atoms with E-state index in [-0.39, 0.29) is 17.4 Å². The third kappa shape index (κ3) is 3.11. The lowest BCUT2D eigenvalue weighted by Crippen LogP contribution is -2.40. The molecule has 0 saturated carbocycles. The second kappa shape index (κ2) is 5.27. The van der Waals surface area contributed by atoms with Crippen LogP contribution in [0.2, 0.25) is 0 Å². The highest BCUT2D eigenvalue weighted by Gasteiger charge is 2.33. The zero-order valence-corrected chi connectivity index (χ0v) is 12.4. The van der Waals surface area contributed by atoms with Gasteiger partial charge in [0.05, 0.1) is 10.7 Å². The summed E-state index contributed by atoms with van der Waals surface area (Å²) >= 11 is 1.74. The molecule has 2 heterocycles. The average Bonchev–Trinajstić information content (AvgIpc) is 2.78. The lowest BCUT2D eigenvalue weighted by atomic mass is 9.77. The fourth-order valence-electron chi connectivity index (χ4n) is 2.41. The molecule has 0 bridgehead atoms. The van der Waals surface area contributed by atoms with Gasteiger partial charge < -0.3 is 10.4 Å². The normalized spacial score (nSPS) is 20.0. The highest BCUT2D eigenvalue weighted by Crippen LogP contribution is 2.34. The second-order valence-electron chi connectivity index (χ2n) is 6.46. The molecule has 2 N–H and O–H groups in total. The smallest absolute Gasteiger partial charge is 0.0934 e. The number of aliphatic hydroxyl groups is 1. The van der Waals surface area contributed by atoms with Gasteiger partial charge in [-0.25, -0.2) is 4.98 Å². The number of piperidine rings is 1. The summed E-state index contributed by atoms with van der Waals surface area (Å²) in [4.78, 5) is 4.76. The first-order valence-electron chi connectivity index (χ1n) is 6.72. The molecule has 3 nitrogen and oxygen atoms in total. The van der Waals surface area contributed by atoms with Gasteiger partial charge in [0.25, 0.3) is 0 Å². The minimum atomic E-state index is 0.0538. The SMILES string of the molecule is CC(C)(C)c1csc(CC2(CO)CCNCC2)n1. The molecular weight excluding hydrogens is 244 g/mol. The molecule has 0 atom stereocenters. The summed E-state index contributed by atoms with van der Waals surface area (Å²) in [7, 11) is 0. The Morgan fingerprint density at radius 1 is 1.39 bits per heavy atom. The first kappa shape index (κ1) is 14.0. The zero-order chi connectivity index (χ0) is 13.2. The van der Waals surface area contributed by atoms with Crippen molar-refractivity contribution >= 4 is 11.3 Å².